The highest BCUT2D eigenvalue weighted by atomic mass is 35.5. The number of aromatic amines is 1. The number of aliphatic hydroxyl groups excluding tert-OH is 1. The minimum Gasteiger partial charge on any atom is -0.387 e. The fourth-order valence-corrected chi connectivity index (χ4v) is 2.76. The predicted molar refractivity (Wildman–Crippen MR) is 66.2 cm³/mol. The van der Waals surface area contributed by atoms with Gasteiger partial charge in [-0.15, -0.1) is 0 Å². The first kappa shape index (κ1) is 10.5. The number of hydrogen-bond donors (Lipinski definition) is 2. The summed E-state index contributed by atoms with van der Waals surface area (Å²) in [5, 5.41) is 12.1. The van der Waals surface area contributed by atoms with Gasteiger partial charge in [0.2, 0.25) is 0 Å². The van der Waals surface area contributed by atoms with E-state index in [1.165, 1.54) is 5.56 Å². The van der Waals surface area contributed by atoms with E-state index >= 15 is 0 Å². The quantitative estimate of drug-likeness (QED) is 0.738. The Bertz CT molecular complexity index is 562. The maximum atomic E-state index is 9.90. The van der Waals surface area contributed by atoms with Gasteiger partial charge in [0, 0.05) is 16.6 Å². The molecule has 1 aromatic carbocycles. The van der Waals surface area contributed by atoms with Crippen molar-refractivity contribution in [2.45, 2.75) is 25.4 Å². The molecule has 0 fully saturated rings. The summed E-state index contributed by atoms with van der Waals surface area (Å²) >= 11 is 12.0. The molecule has 4 heteroatoms. The average Bonchev–Trinajstić information content (AvgIpc) is 2.59. The molecule has 0 saturated carbocycles. The number of rotatable bonds is 0. The maximum absolute atomic E-state index is 9.90. The molecule has 0 amide bonds. The van der Waals surface area contributed by atoms with E-state index in [4.69, 9.17) is 23.2 Å². The summed E-state index contributed by atoms with van der Waals surface area (Å²) < 4.78 is 0. The second-order valence-electron chi connectivity index (χ2n) is 4.24. The highest BCUT2D eigenvalue weighted by Crippen LogP contribution is 2.37. The van der Waals surface area contributed by atoms with Crippen LogP contribution in [0.1, 0.15) is 30.2 Å². The van der Waals surface area contributed by atoms with Gasteiger partial charge in [0.05, 0.1) is 16.1 Å². The predicted octanol–water partition coefficient (Wildman–Crippen LogP) is 3.84. The lowest BCUT2D eigenvalue weighted by Gasteiger charge is -2.17. The van der Waals surface area contributed by atoms with Crippen molar-refractivity contribution in [2.24, 2.45) is 0 Å². The second kappa shape index (κ2) is 3.66. The van der Waals surface area contributed by atoms with Crippen molar-refractivity contribution in [3.05, 3.63) is 33.4 Å². The SMILES string of the molecule is OC1CCCc2c1[nH]c1cc(Cl)c(Cl)cc21. The summed E-state index contributed by atoms with van der Waals surface area (Å²) in [5.41, 5.74) is 3.08. The van der Waals surface area contributed by atoms with E-state index in [2.05, 4.69) is 4.98 Å². The van der Waals surface area contributed by atoms with E-state index in [0.29, 0.717) is 10.0 Å². The molecule has 84 valence electrons. The monoisotopic (exact) mass is 255 g/mol. The van der Waals surface area contributed by atoms with Crippen LogP contribution in [0.4, 0.5) is 0 Å². The van der Waals surface area contributed by atoms with Gasteiger partial charge in [-0.05, 0) is 37.0 Å². The Morgan fingerprint density at radius 3 is 2.81 bits per heavy atom. The number of hydrogen-bond acceptors (Lipinski definition) is 1. The van der Waals surface area contributed by atoms with E-state index in [1.54, 1.807) is 0 Å². The van der Waals surface area contributed by atoms with E-state index in [-0.39, 0.29) is 6.10 Å². The Balaban J connectivity index is 2.32. The van der Waals surface area contributed by atoms with Crippen molar-refractivity contribution in [3.63, 3.8) is 0 Å². The van der Waals surface area contributed by atoms with E-state index < -0.39 is 0 Å². The number of fused-ring (bicyclic) bond motifs is 3. The van der Waals surface area contributed by atoms with Crippen LogP contribution in [0.2, 0.25) is 10.0 Å². The van der Waals surface area contributed by atoms with Crippen LogP contribution in [-0.4, -0.2) is 10.1 Å². The Morgan fingerprint density at radius 1 is 1.25 bits per heavy atom. The molecule has 0 radical (unpaired) electrons. The molecule has 2 N–H and O–H groups in total. The largest absolute Gasteiger partial charge is 0.387 e. The molecule has 1 atom stereocenters. The van der Waals surface area contributed by atoms with Crippen molar-refractivity contribution in [1.29, 1.82) is 0 Å². The highest BCUT2D eigenvalue weighted by Gasteiger charge is 2.22. The third-order valence-electron chi connectivity index (χ3n) is 3.22. The van der Waals surface area contributed by atoms with Crippen LogP contribution in [0.25, 0.3) is 10.9 Å². The Morgan fingerprint density at radius 2 is 2.00 bits per heavy atom. The number of H-pyrrole nitrogens is 1. The third kappa shape index (κ3) is 1.45. The van der Waals surface area contributed by atoms with Gasteiger partial charge in [0.1, 0.15) is 0 Å². The van der Waals surface area contributed by atoms with Gasteiger partial charge in [0.25, 0.3) is 0 Å². The second-order valence-corrected chi connectivity index (χ2v) is 5.05. The standard InChI is InChI=1S/C12H11Cl2NO/c13-8-4-7-6-2-1-3-11(16)12(6)15-10(7)5-9(8)14/h4-5,11,15-16H,1-3H2. The molecular formula is C12H11Cl2NO. The molecule has 0 saturated heterocycles. The van der Waals surface area contributed by atoms with Crippen LogP contribution in [0, 0.1) is 0 Å². The molecule has 1 aliphatic carbocycles. The fraction of sp³-hybridized carbons (Fsp3) is 0.333. The fourth-order valence-electron chi connectivity index (χ4n) is 2.44. The first-order valence-electron chi connectivity index (χ1n) is 5.34. The lowest BCUT2D eigenvalue weighted by atomic mass is 9.93. The minimum atomic E-state index is -0.381. The average molecular weight is 256 g/mol. The number of aromatic nitrogens is 1. The van der Waals surface area contributed by atoms with Gasteiger partial charge in [-0.1, -0.05) is 23.2 Å². The summed E-state index contributed by atoms with van der Waals surface area (Å²) in [5.74, 6) is 0. The van der Waals surface area contributed by atoms with Crippen molar-refractivity contribution >= 4 is 34.1 Å². The van der Waals surface area contributed by atoms with E-state index in [0.717, 1.165) is 35.9 Å². The lowest BCUT2D eigenvalue weighted by molar-refractivity contribution is 0.153. The Kier molecular flexibility index (Phi) is 2.39. The molecular weight excluding hydrogens is 245 g/mol. The van der Waals surface area contributed by atoms with Crippen LogP contribution in [0.3, 0.4) is 0 Å². The number of nitrogens with one attached hydrogen (secondary N) is 1. The van der Waals surface area contributed by atoms with Crippen LogP contribution in [0.5, 0.6) is 0 Å². The molecule has 1 unspecified atom stereocenters. The maximum Gasteiger partial charge on any atom is 0.0941 e. The minimum absolute atomic E-state index is 0.381. The highest BCUT2D eigenvalue weighted by molar-refractivity contribution is 6.42. The molecule has 0 spiro atoms. The van der Waals surface area contributed by atoms with Gasteiger partial charge in [-0.25, -0.2) is 0 Å². The normalized spacial score (nSPS) is 20.1. The first-order chi connectivity index (χ1) is 7.66. The van der Waals surface area contributed by atoms with Crippen LogP contribution >= 0.6 is 23.2 Å². The van der Waals surface area contributed by atoms with Gasteiger partial charge in [0.15, 0.2) is 0 Å². The summed E-state index contributed by atoms with van der Waals surface area (Å²) in [6.07, 6.45) is 2.45. The molecule has 0 bridgehead atoms. The summed E-state index contributed by atoms with van der Waals surface area (Å²) in [6, 6.07) is 3.71. The molecule has 2 aromatic rings. The zero-order chi connectivity index (χ0) is 11.3. The molecule has 0 aliphatic heterocycles. The van der Waals surface area contributed by atoms with Crippen LogP contribution in [-0.2, 0) is 6.42 Å². The zero-order valence-electron chi connectivity index (χ0n) is 8.56. The van der Waals surface area contributed by atoms with Crippen molar-refractivity contribution in [3.8, 4) is 0 Å². The molecule has 1 aliphatic rings. The number of benzene rings is 1. The molecule has 3 rings (SSSR count). The number of aryl methyl sites for hydroxylation is 1. The Hall–Kier alpha value is -0.700. The summed E-state index contributed by atoms with van der Waals surface area (Å²) in [4.78, 5) is 3.24. The van der Waals surface area contributed by atoms with Gasteiger partial charge >= 0.3 is 0 Å². The number of aliphatic hydroxyl groups is 1. The lowest BCUT2D eigenvalue weighted by Crippen LogP contribution is -2.07. The van der Waals surface area contributed by atoms with E-state index in [1.807, 2.05) is 12.1 Å². The van der Waals surface area contributed by atoms with E-state index in [9.17, 15) is 5.11 Å². The van der Waals surface area contributed by atoms with Gasteiger partial charge in [-0.3, -0.25) is 0 Å². The van der Waals surface area contributed by atoms with Crippen LogP contribution < -0.4 is 0 Å². The Labute approximate surface area is 103 Å². The third-order valence-corrected chi connectivity index (χ3v) is 3.94. The smallest absolute Gasteiger partial charge is 0.0941 e. The van der Waals surface area contributed by atoms with Crippen LogP contribution in [0.15, 0.2) is 12.1 Å². The van der Waals surface area contributed by atoms with Gasteiger partial charge < -0.3 is 10.1 Å². The zero-order valence-corrected chi connectivity index (χ0v) is 10.1. The van der Waals surface area contributed by atoms with Crippen molar-refractivity contribution in [2.75, 3.05) is 0 Å². The molecule has 1 aromatic heterocycles. The topological polar surface area (TPSA) is 36.0 Å². The molecule has 1 heterocycles. The number of halogens is 2. The molecule has 16 heavy (non-hydrogen) atoms. The van der Waals surface area contributed by atoms with Crippen molar-refractivity contribution < 1.29 is 5.11 Å². The summed E-state index contributed by atoms with van der Waals surface area (Å²) in [7, 11) is 0. The van der Waals surface area contributed by atoms with Crippen molar-refractivity contribution in [1.82, 2.24) is 4.98 Å². The van der Waals surface area contributed by atoms with Gasteiger partial charge in [-0.2, -0.15) is 0 Å². The molecule has 2 nitrogen and oxygen atoms in total. The summed E-state index contributed by atoms with van der Waals surface area (Å²) in [6.45, 7) is 0. The first-order valence-corrected chi connectivity index (χ1v) is 6.10.